The summed E-state index contributed by atoms with van der Waals surface area (Å²) >= 11 is 12.2. The molecule has 3 N–H and O–H groups in total. The molecule has 3 aromatic rings. The van der Waals surface area contributed by atoms with Gasteiger partial charge in [0.25, 0.3) is 0 Å². The van der Waals surface area contributed by atoms with E-state index in [1.807, 2.05) is 0 Å². The van der Waals surface area contributed by atoms with Gasteiger partial charge in [0, 0.05) is 15.6 Å². The minimum absolute atomic E-state index is 0.289. The van der Waals surface area contributed by atoms with Crippen LogP contribution in [0.25, 0.3) is 11.0 Å². The van der Waals surface area contributed by atoms with Gasteiger partial charge in [-0.3, -0.25) is 0 Å². The molecule has 1 heterocycles. The Balaban J connectivity index is 2.12. The number of aliphatic hydroxyl groups excluding tert-OH is 1. The van der Waals surface area contributed by atoms with Crippen LogP contribution in [-0.4, -0.2) is 15.1 Å². The van der Waals surface area contributed by atoms with Crippen molar-refractivity contribution in [3.8, 4) is 0 Å². The first-order valence-electron chi connectivity index (χ1n) is 5.90. The van der Waals surface area contributed by atoms with E-state index in [2.05, 4.69) is 9.97 Å². The van der Waals surface area contributed by atoms with E-state index in [9.17, 15) is 9.90 Å². The van der Waals surface area contributed by atoms with Crippen molar-refractivity contribution in [2.45, 2.75) is 6.10 Å². The highest BCUT2D eigenvalue weighted by Crippen LogP contribution is 2.34. The van der Waals surface area contributed by atoms with Crippen LogP contribution in [0.3, 0.4) is 0 Å². The summed E-state index contributed by atoms with van der Waals surface area (Å²) in [6.07, 6.45) is -0.959. The molecule has 1 aromatic heterocycles. The van der Waals surface area contributed by atoms with Crippen LogP contribution in [0, 0.1) is 0 Å². The van der Waals surface area contributed by atoms with Gasteiger partial charge >= 0.3 is 5.69 Å². The Morgan fingerprint density at radius 2 is 1.65 bits per heavy atom. The van der Waals surface area contributed by atoms with Crippen LogP contribution < -0.4 is 5.69 Å². The Labute approximate surface area is 124 Å². The number of aromatic amines is 2. The number of imidazole rings is 1. The molecule has 0 amide bonds. The molecule has 0 radical (unpaired) electrons. The number of benzene rings is 2. The molecule has 4 nitrogen and oxygen atoms in total. The fraction of sp³-hybridized carbons (Fsp3) is 0.0714. The molecule has 1 unspecified atom stereocenters. The SMILES string of the molecule is O=c1[nH]c2ccc(C(O)c3c(Cl)cccc3Cl)cc2[nH]1. The van der Waals surface area contributed by atoms with Crippen molar-refractivity contribution >= 4 is 34.2 Å². The number of halogens is 2. The van der Waals surface area contributed by atoms with E-state index >= 15 is 0 Å². The van der Waals surface area contributed by atoms with Gasteiger partial charge in [-0.05, 0) is 29.8 Å². The lowest BCUT2D eigenvalue weighted by Crippen LogP contribution is -2.01. The monoisotopic (exact) mass is 308 g/mol. The van der Waals surface area contributed by atoms with Gasteiger partial charge in [-0.25, -0.2) is 4.79 Å². The number of H-pyrrole nitrogens is 2. The maximum Gasteiger partial charge on any atom is 0.323 e. The van der Waals surface area contributed by atoms with Crippen molar-refractivity contribution < 1.29 is 5.11 Å². The first-order valence-corrected chi connectivity index (χ1v) is 6.66. The quantitative estimate of drug-likeness (QED) is 0.680. The Kier molecular flexibility index (Phi) is 3.30. The Bertz CT molecular complexity index is 818. The number of rotatable bonds is 2. The first-order chi connectivity index (χ1) is 9.56. The highest BCUT2D eigenvalue weighted by molar-refractivity contribution is 6.36. The smallest absolute Gasteiger partial charge is 0.323 e. The van der Waals surface area contributed by atoms with Crippen LogP contribution in [0.5, 0.6) is 0 Å². The van der Waals surface area contributed by atoms with Crippen LogP contribution >= 0.6 is 23.2 Å². The molecule has 3 rings (SSSR count). The van der Waals surface area contributed by atoms with Crippen molar-refractivity contribution in [3.63, 3.8) is 0 Å². The summed E-state index contributed by atoms with van der Waals surface area (Å²) in [7, 11) is 0. The molecule has 20 heavy (non-hydrogen) atoms. The fourth-order valence-electron chi connectivity index (χ4n) is 2.16. The number of aliphatic hydroxyl groups is 1. The molecular weight excluding hydrogens is 299 g/mol. The molecule has 0 fully saturated rings. The highest BCUT2D eigenvalue weighted by atomic mass is 35.5. The number of hydrogen-bond acceptors (Lipinski definition) is 2. The average Bonchev–Trinajstić information content (AvgIpc) is 2.77. The zero-order valence-corrected chi connectivity index (χ0v) is 11.7. The van der Waals surface area contributed by atoms with Crippen LogP contribution in [0.1, 0.15) is 17.2 Å². The molecule has 102 valence electrons. The van der Waals surface area contributed by atoms with Gasteiger partial charge in [0.05, 0.1) is 11.0 Å². The minimum atomic E-state index is -0.959. The third kappa shape index (κ3) is 2.22. The molecule has 0 saturated carbocycles. The summed E-state index contributed by atoms with van der Waals surface area (Å²) in [5.41, 5.74) is 2.06. The second kappa shape index (κ2) is 4.98. The van der Waals surface area contributed by atoms with Gasteiger partial charge in [-0.15, -0.1) is 0 Å². The number of fused-ring (bicyclic) bond motifs is 1. The molecule has 2 aromatic carbocycles. The number of nitrogens with one attached hydrogen (secondary N) is 2. The van der Waals surface area contributed by atoms with E-state index in [-0.39, 0.29) is 5.69 Å². The second-order valence-electron chi connectivity index (χ2n) is 4.42. The molecule has 1 atom stereocenters. The molecule has 0 spiro atoms. The fourth-order valence-corrected chi connectivity index (χ4v) is 2.76. The predicted octanol–water partition coefficient (Wildman–Crippen LogP) is 3.24. The summed E-state index contributed by atoms with van der Waals surface area (Å²) in [6.45, 7) is 0. The highest BCUT2D eigenvalue weighted by Gasteiger charge is 2.18. The van der Waals surface area contributed by atoms with Crippen molar-refractivity contribution in [2.75, 3.05) is 0 Å². The molecular formula is C14H10Cl2N2O2. The molecule has 0 saturated heterocycles. The van der Waals surface area contributed by atoms with Gasteiger partial charge in [0.1, 0.15) is 6.10 Å². The topological polar surface area (TPSA) is 68.9 Å². The van der Waals surface area contributed by atoms with E-state index in [4.69, 9.17) is 23.2 Å². The zero-order chi connectivity index (χ0) is 14.3. The van der Waals surface area contributed by atoms with Crippen molar-refractivity contribution in [3.05, 3.63) is 68.1 Å². The third-order valence-corrected chi connectivity index (χ3v) is 3.79. The summed E-state index contributed by atoms with van der Waals surface area (Å²) in [5.74, 6) is 0. The lowest BCUT2D eigenvalue weighted by Gasteiger charge is -2.14. The lowest BCUT2D eigenvalue weighted by atomic mass is 10.0. The van der Waals surface area contributed by atoms with Crippen molar-refractivity contribution in [1.82, 2.24) is 9.97 Å². The molecule has 0 bridgehead atoms. The van der Waals surface area contributed by atoms with Crippen LogP contribution in [0.4, 0.5) is 0 Å². The largest absolute Gasteiger partial charge is 0.384 e. The first kappa shape index (κ1) is 13.2. The van der Waals surface area contributed by atoms with Crippen LogP contribution in [0.2, 0.25) is 10.0 Å². The number of aromatic nitrogens is 2. The summed E-state index contributed by atoms with van der Waals surface area (Å²) in [6, 6.07) is 10.2. The maximum atomic E-state index is 11.2. The van der Waals surface area contributed by atoms with E-state index in [1.54, 1.807) is 36.4 Å². The van der Waals surface area contributed by atoms with E-state index in [1.165, 1.54) is 0 Å². The van der Waals surface area contributed by atoms with Crippen molar-refractivity contribution in [2.24, 2.45) is 0 Å². The Morgan fingerprint density at radius 3 is 2.35 bits per heavy atom. The van der Waals surface area contributed by atoms with Crippen LogP contribution in [-0.2, 0) is 0 Å². The third-order valence-electron chi connectivity index (χ3n) is 3.13. The van der Waals surface area contributed by atoms with Gasteiger partial charge in [0.15, 0.2) is 0 Å². The minimum Gasteiger partial charge on any atom is -0.384 e. The predicted molar refractivity (Wildman–Crippen MR) is 79.4 cm³/mol. The lowest BCUT2D eigenvalue weighted by molar-refractivity contribution is 0.220. The maximum absolute atomic E-state index is 11.2. The second-order valence-corrected chi connectivity index (χ2v) is 5.24. The molecule has 0 aliphatic heterocycles. The molecule has 0 aliphatic rings. The van der Waals surface area contributed by atoms with Gasteiger partial charge in [-0.2, -0.15) is 0 Å². The summed E-state index contributed by atoms with van der Waals surface area (Å²) in [5, 5.41) is 11.2. The van der Waals surface area contributed by atoms with Gasteiger partial charge in [0.2, 0.25) is 0 Å². The Hall–Kier alpha value is -1.75. The number of hydrogen-bond donors (Lipinski definition) is 3. The van der Waals surface area contributed by atoms with Gasteiger partial charge < -0.3 is 15.1 Å². The van der Waals surface area contributed by atoms with Crippen LogP contribution in [0.15, 0.2) is 41.2 Å². The Morgan fingerprint density at radius 1 is 1.00 bits per heavy atom. The standard InChI is InChI=1S/C14H10Cl2N2O2/c15-8-2-1-3-9(16)12(8)13(19)7-4-5-10-11(6-7)18-14(20)17-10/h1-6,13,19H,(H2,17,18,20). The van der Waals surface area contributed by atoms with Crippen molar-refractivity contribution in [1.29, 1.82) is 0 Å². The zero-order valence-electron chi connectivity index (χ0n) is 10.2. The van der Waals surface area contributed by atoms with Gasteiger partial charge in [-0.1, -0.05) is 35.3 Å². The summed E-state index contributed by atoms with van der Waals surface area (Å²) < 4.78 is 0. The molecule has 6 heteroatoms. The van der Waals surface area contributed by atoms with E-state index in [0.29, 0.717) is 32.2 Å². The van der Waals surface area contributed by atoms with E-state index < -0.39 is 6.10 Å². The van der Waals surface area contributed by atoms with E-state index in [0.717, 1.165) is 0 Å². The normalized spacial score (nSPS) is 12.8. The molecule has 0 aliphatic carbocycles. The average molecular weight is 309 g/mol. The summed E-state index contributed by atoms with van der Waals surface area (Å²) in [4.78, 5) is 16.5.